The smallest absolute Gasteiger partial charge is 0.311 e. The molecule has 9 heteroatoms. The lowest BCUT2D eigenvalue weighted by Gasteiger charge is -2.07. The van der Waals surface area contributed by atoms with Crippen LogP contribution < -0.4 is 10.1 Å². The Kier molecular flexibility index (Phi) is 6.84. The first-order chi connectivity index (χ1) is 16.4. The number of aromatic hydroxyl groups is 1. The van der Waals surface area contributed by atoms with Gasteiger partial charge in [-0.15, -0.1) is 10.2 Å². The van der Waals surface area contributed by atoms with Crippen LogP contribution in [0.5, 0.6) is 11.6 Å². The number of benzene rings is 3. The number of aromatic nitrogens is 1. The van der Waals surface area contributed by atoms with Crippen molar-refractivity contribution in [2.45, 2.75) is 0 Å². The van der Waals surface area contributed by atoms with Gasteiger partial charge in [0.25, 0.3) is 5.91 Å². The fraction of sp³-hybridized carbons (Fsp3) is 0.0400. The van der Waals surface area contributed by atoms with Crippen LogP contribution in [0.4, 0.5) is 5.69 Å². The normalized spacial score (nSPS) is 11.6. The van der Waals surface area contributed by atoms with Crippen LogP contribution in [-0.4, -0.2) is 29.0 Å². The lowest BCUT2D eigenvalue weighted by molar-refractivity contribution is -0.115. The number of rotatable bonds is 6. The Morgan fingerprint density at radius 3 is 2.50 bits per heavy atom. The first-order valence-corrected chi connectivity index (χ1v) is 10.9. The van der Waals surface area contributed by atoms with E-state index in [4.69, 9.17) is 4.74 Å². The van der Waals surface area contributed by atoms with Crippen molar-refractivity contribution in [1.29, 1.82) is 0 Å². The van der Waals surface area contributed by atoms with E-state index in [1.165, 1.54) is 6.08 Å². The molecule has 0 aliphatic carbocycles. The van der Waals surface area contributed by atoms with Crippen LogP contribution in [0.1, 0.15) is 15.9 Å². The minimum atomic E-state index is -0.788. The van der Waals surface area contributed by atoms with Gasteiger partial charge in [-0.25, -0.2) is 0 Å². The molecule has 0 fully saturated rings. The Morgan fingerprint density at radius 2 is 1.79 bits per heavy atom. The van der Waals surface area contributed by atoms with Crippen molar-refractivity contribution < 1.29 is 19.4 Å². The summed E-state index contributed by atoms with van der Waals surface area (Å²) in [7, 11) is 1.55. The zero-order chi connectivity index (χ0) is 24.1. The molecule has 0 spiro atoms. The van der Waals surface area contributed by atoms with Crippen LogP contribution in [0.2, 0.25) is 0 Å². The van der Waals surface area contributed by atoms with E-state index in [0.717, 1.165) is 4.47 Å². The number of aromatic amines is 1. The van der Waals surface area contributed by atoms with Gasteiger partial charge in [-0.1, -0.05) is 46.3 Å². The van der Waals surface area contributed by atoms with Crippen LogP contribution in [0.3, 0.4) is 0 Å². The molecule has 2 amide bonds. The van der Waals surface area contributed by atoms with Gasteiger partial charge in [0, 0.05) is 15.4 Å². The molecule has 0 aliphatic heterocycles. The molecule has 4 rings (SSSR count). The van der Waals surface area contributed by atoms with Crippen molar-refractivity contribution in [2.75, 3.05) is 7.11 Å². The van der Waals surface area contributed by atoms with Crippen molar-refractivity contribution in [3.8, 4) is 11.6 Å². The van der Waals surface area contributed by atoms with Gasteiger partial charge >= 0.3 is 5.91 Å². The Morgan fingerprint density at radius 1 is 1.06 bits per heavy atom. The van der Waals surface area contributed by atoms with Crippen molar-refractivity contribution in [2.24, 2.45) is 10.2 Å². The highest BCUT2D eigenvalue weighted by molar-refractivity contribution is 9.10. The Balaban J connectivity index is 1.67. The van der Waals surface area contributed by atoms with E-state index in [0.29, 0.717) is 27.8 Å². The highest BCUT2D eigenvalue weighted by Crippen LogP contribution is 2.36. The van der Waals surface area contributed by atoms with Crippen LogP contribution in [0.15, 0.2) is 93.2 Å². The number of amides is 2. The van der Waals surface area contributed by atoms with Crippen LogP contribution in [0, 0.1) is 0 Å². The third-order valence-corrected chi connectivity index (χ3v) is 5.39. The topological polar surface area (TPSA) is 116 Å². The van der Waals surface area contributed by atoms with E-state index in [9.17, 15) is 14.7 Å². The van der Waals surface area contributed by atoms with Crippen LogP contribution in [0.25, 0.3) is 17.0 Å². The highest BCUT2D eigenvalue weighted by Gasteiger charge is 2.16. The highest BCUT2D eigenvalue weighted by atomic mass is 79.9. The van der Waals surface area contributed by atoms with Gasteiger partial charge in [0.15, 0.2) is 5.69 Å². The van der Waals surface area contributed by atoms with Gasteiger partial charge in [-0.05, 0) is 54.1 Å². The maximum absolute atomic E-state index is 13.0. The lowest BCUT2D eigenvalue weighted by atomic mass is 10.1. The van der Waals surface area contributed by atoms with E-state index in [1.54, 1.807) is 79.9 Å². The molecule has 8 nitrogen and oxygen atoms in total. The number of nitrogens with zero attached hydrogens (tertiary/aromatic N) is 2. The number of ether oxygens (including phenoxy) is 1. The molecule has 1 heterocycles. The maximum Gasteiger partial charge on any atom is 0.311 e. The second-order valence-electron chi connectivity index (χ2n) is 7.17. The molecule has 4 aromatic rings. The third kappa shape index (κ3) is 5.21. The average molecular weight is 519 g/mol. The molecule has 0 radical (unpaired) electrons. The Hall–Kier alpha value is -4.24. The summed E-state index contributed by atoms with van der Waals surface area (Å²) in [5, 5.41) is 21.1. The molecule has 1 aromatic heterocycles. The third-order valence-electron chi connectivity index (χ3n) is 4.90. The predicted molar refractivity (Wildman–Crippen MR) is 132 cm³/mol. The lowest BCUT2D eigenvalue weighted by Crippen LogP contribution is -2.26. The second-order valence-corrected chi connectivity index (χ2v) is 8.08. The SMILES string of the molecule is COc1ccc(/C=C(\NC(=O)c2ccccc2)C(=O)N=Nc2c(O)[nH]c3ccc(Br)cc23)cc1. The number of methoxy groups -OCH3 is 1. The van der Waals surface area contributed by atoms with Crippen LogP contribution in [-0.2, 0) is 4.79 Å². The zero-order valence-corrected chi connectivity index (χ0v) is 19.5. The largest absolute Gasteiger partial charge is 0.497 e. The molecular formula is C25H19BrN4O4. The number of hydrogen-bond donors (Lipinski definition) is 3. The molecule has 0 atom stereocenters. The molecule has 0 bridgehead atoms. The Labute approximate surface area is 203 Å². The van der Waals surface area contributed by atoms with E-state index < -0.39 is 11.8 Å². The summed E-state index contributed by atoms with van der Waals surface area (Å²) in [4.78, 5) is 28.5. The fourth-order valence-corrected chi connectivity index (χ4v) is 3.55. The second kappa shape index (κ2) is 10.1. The number of halogens is 1. The molecule has 3 aromatic carbocycles. The van der Waals surface area contributed by atoms with Gasteiger partial charge < -0.3 is 20.1 Å². The summed E-state index contributed by atoms with van der Waals surface area (Å²) < 4.78 is 5.93. The van der Waals surface area contributed by atoms with E-state index in [1.807, 2.05) is 0 Å². The van der Waals surface area contributed by atoms with Crippen LogP contribution >= 0.6 is 15.9 Å². The summed E-state index contributed by atoms with van der Waals surface area (Å²) in [6, 6.07) is 20.7. The molecule has 0 saturated heterocycles. The summed E-state index contributed by atoms with van der Waals surface area (Å²) in [6.07, 6.45) is 1.49. The molecule has 34 heavy (non-hydrogen) atoms. The number of nitrogens with one attached hydrogen (secondary N) is 2. The van der Waals surface area contributed by atoms with Crippen molar-refractivity contribution in [3.05, 3.63) is 94.1 Å². The van der Waals surface area contributed by atoms with Crippen molar-refractivity contribution in [3.63, 3.8) is 0 Å². The fourth-order valence-electron chi connectivity index (χ4n) is 3.19. The molecule has 0 aliphatic rings. The summed E-state index contributed by atoms with van der Waals surface area (Å²) >= 11 is 3.38. The molecule has 3 N–H and O–H groups in total. The summed E-state index contributed by atoms with van der Waals surface area (Å²) in [5.41, 5.74) is 1.69. The summed E-state index contributed by atoms with van der Waals surface area (Å²) in [6.45, 7) is 0. The number of H-pyrrole nitrogens is 1. The average Bonchev–Trinajstić information content (AvgIpc) is 3.17. The molecule has 0 saturated carbocycles. The monoisotopic (exact) mass is 518 g/mol. The number of carbonyl (C=O) groups is 2. The van der Waals surface area contributed by atoms with Gasteiger partial charge in [0.1, 0.15) is 11.4 Å². The van der Waals surface area contributed by atoms with Gasteiger partial charge in [0.2, 0.25) is 5.88 Å². The van der Waals surface area contributed by atoms with E-state index in [-0.39, 0.29) is 17.3 Å². The standard InChI is InChI=1S/C25H19BrN4O4/c1-34-18-10-7-15(8-11-18)13-21(28-23(31)16-5-3-2-4-6-16)24(32)30-29-22-19-14-17(26)9-12-20(19)27-25(22)33/h2-14,27,33H,1H3,(H,28,31)/b21-13-,30-29?. The Bertz CT molecular complexity index is 1410. The zero-order valence-electron chi connectivity index (χ0n) is 17.9. The minimum absolute atomic E-state index is 0.0803. The first-order valence-electron chi connectivity index (χ1n) is 10.1. The molecular weight excluding hydrogens is 500 g/mol. The number of azo groups is 1. The van der Waals surface area contributed by atoms with Crippen molar-refractivity contribution >= 4 is 50.4 Å². The van der Waals surface area contributed by atoms with Gasteiger partial charge in [0.05, 0.1) is 12.6 Å². The number of fused-ring (bicyclic) bond motifs is 1. The number of hydrogen-bond acceptors (Lipinski definition) is 5. The van der Waals surface area contributed by atoms with E-state index in [2.05, 4.69) is 36.5 Å². The first kappa shape index (κ1) is 22.9. The molecule has 170 valence electrons. The number of carbonyl (C=O) groups excluding carboxylic acids is 2. The molecule has 0 unspecified atom stereocenters. The van der Waals surface area contributed by atoms with Gasteiger partial charge in [-0.3, -0.25) is 9.59 Å². The quantitative estimate of drug-likeness (QED) is 0.223. The predicted octanol–water partition coefficient (Wildman–Crippen LogP) is 5.73. The summed E-state index contributed by atoms with van der Waals surface area (Å²) in [5.74, 6) is -0.829. The van der Waals surface area contributed by atoms with Gasteiger partial charge in [-0.2, -0.15) is 0 Å². The van der Waals surface area contributed by atoms with Crippen molar-refractivity contribution in [1.82, 2.24) is 10.3 Å². The van der Waals surface area contributed by atoms with E-state index >= 15 is 0 Å². The maximum atomic E-state index is 13.0. The minimum Gasteiger partial charge on any atom is -0.497 e.